The number of esters is 1. The highest BCUT2D eigenvalue weighted by Crippen LogP contribution is 2.69. The van der Waals surface area contributed by atoms with Crippen LogP contribution in [0.4, 0.5) is 13.2 Å². The minimum Gasteiger partial charge on any atom is -0.450 e. The molecule has 0 radical (unpaired) electrons. The first-order chi connectivity index (χ1) is 15.9. The van der Waals surface area contributed by atoms with Crippen LogP contribution < -0.4 is 0 Å². The van der Waals surface area contributed by atoms with E-state index in [1.807, 2.05) is 0 Å². The fourth-order valence-electron chi connectivity index (χ4n) is 8.15. The Balaban J connectivity index is 1.83. The topological polar surface area (TPSA) is 80.7 Å². The summed E-state index contributed by atoms with van der Waals surface area (Å²) in [5.41, 5.74) is -4.32. The first-order valence-electron chi connectivity index (χ1n) is 12.2. The Kier molecular flexibility index (Phi) is 6.15. The zero-order chi connectivity index (χ0) is 25.2. The highest BCUT2D eigenvalue weighted by atomic mass is 19.1. The highest BCUT2D eigenvalue weighted by Gasteiger charge is 2.73. The van der Waals surface area contributed by atoms with E-state index in [2.05, 4.69) is 0 Å². The van der Waals surface area contributed by atoms with E-state index in [1.165, 1.54) is 6.08 Å². The molecule has 0 aliphatic heterocycles. The van der Waals surface area contributed by atoms with E-state index in [1.54, 1.807) is 27.7 Å². The number of aliphatic hydroxyl groups is 1. The summed E-state index contributed by atoms with van der Waals surface area (Å²) >= 11 is 0. The Morgan fingerprint density at radius 2 is 1.94 bits per heavy atom. The van der Waals surface area contributed by atoms with Crippen LogP contribution in [0.5, 0.6) is 0 Å². The standard InChI is InChI=1S/C26H33F3O5/c1-5-6-20(33)34-26(19(32)12-27)13(2)9-15-14-10-16(28)22-23(29)17(30)7-8-24(22,3)21(14)18(31)11-25(15,26)4/h7-8,13-16,18,21,31H,5-6,9-12H2,1-4H3/t13-,14+,15+,16+,18+,21-,24-,25+,26-/m1/s1. The van der Waals surface area contributed by atoms with Gasteiger partial charge >= 0.3 is 5.97 Å². The molecule has 4 aliphatic rings. The van der Waals surface area contributed by atoms with Crippen LogP contribution in [0.2, 0.25) is 0 Å². The van der Waals surface area contributed by atoms with Crippen LogP contribution in [0.1, 0.15) is 59.8 Å². The monoisotopic (exact) mass is 482 g/mol. The zero-order valence-electron chi connectivity index (χ0n) is 20.1. The lowest BCUT2D eigenvalue weighted by molar-refractivity contribution is -0.205. The van der Waals surface area contributed by atoms with E-state index in [0.29, 0.717) is 12.8 Å². The number of carbonyl (C=O) groups excluding carboxylic acids is 3. The summed E-state index contributed by atoms with van der Waals surface area (Å²) < 4.78 is 50.1. The molecular formula is C26H33F3O5. The summed E-state index contributed by atoms with van der Waals surface area (Å²) in [6.07, 6.45) is 0.564. The predicted octanol–water partition coefficient (Wildman–Crippen LogP) is 4.38. The number of ketones is 2. The molecule has 0 aromatic heterocycles. The van der Waals surface area contributed by atoms with Gasteiger partial charge in [0.05, 0.1) is 6.10 Å². The van der Waals surface area contributed by atoms with Crippen molar-refractivity contribution in [1.29, 1.82) is 0 Å². The fourth-order valence-corrected chi connectivity index (χ4v) is 8.15. The van der Waals surface area contributed by atoms with E-state index < -0.39 is 76.5 Å². The molecule has 4 rings (SSSR count). The molecule has 34 heavy (non-hydrogen) atoms. The molecular weight excluding hydrogens is 449 g/mol. The van der Waals surface area contributed by atoms with Gasteiger partial charge in [0.2, 0.25) is 11.6 Å². The van der Waals surface area contributed by atoms with Crippen molar-refractivity contribution in [2.24, 2.45) is 34.5 Å². The third-order valence-corrected chi connectivity index (χ3v) is 9.36. The average Bonchev–Trinajstić information content (AvgIpc) is 2.97. The maximum absolute atomic E-state index is 15.5. The predicted molar refractivity (Wildman–Crippen MR) is 118 cm³/mol. The lowest BCUT2D eigenvalue weighted by Gasteiger charge is -2.60. The highest BCUT2D eigenvalue weighted by molar-refractivity contribution is 6.04. The SMILES string of the molecule is CCCC(=O)O[C@@]1(C(=O)CF)[C@H](C)C[C@H]2[C@@H]3C[C@H](F)C4=C(F)C(=O)C=C[C@]4(C)[C@H]3[C@@H](O)C[C@@]21C. The molecule has 0 bridgehead atoms. The summed E-state index contributed by atoms with van der Waals surface area (Å²) in [4.78, 5) is 37.7. The molecule has 3 fully saturated rings. The van der Waals surface area contributed by atoms with E-state index in [0.717, 1.165) is 6.08 Å². The van der Waals surface area contributed by atoms with Gasteiger partial charge in [-0.15, -0.1) is 0 Å². The number of fused-ring (bicyclic) bond motifs is 5. The largest absolute Gasteiger partial charge is 0.450 e. The average molecular weight is 483 g/mol. The van der Waals surface area contributed by atoms with E-state index in [9.17, 15) is 28.3 Å². The number of allylic oxidation sites excluding steroid dienone is 4. The van der Waals surface area contributed by atoms with Crippen LogP contribution in [0, 0.1) is 34.5 Å². The molecule has 0 heterocycles. The Labute approximate surface area is 197 Å². The van der Waals surface area contributed by atoms with Gasteiger partial charge in [-0.05, 0) is 43.6 Å². The molecule has 0 saturated heterocycles. The van der Waals surface area contributed by atoms with Gasteiger partial charge in [-0.1, -0.05) is 33.8 Å². The van der Waals surface area contributed by atoms with Crippen molar-refractivity contribution in [2.75, 3.05) is 6.67 Å². The third kappa shape index (κ3) is 3.12. The molecule has 5 nitrogen and oxygen atoms in total. The molecule has 188 valence electrons. The van der Waals surface area contributed by atoms with E-state index in [4.69, 9.17) is 4.74 Å². The number of aliphatic hydroxyl groups excluding tert-OH is 1. The number of hydrogen-bond donors (Lipinski definition) is 1. The number of hydrogen-bond acceptors (Lipinski definition) is 5. The number of Topliss-reactive ketones (excluding diaryl/α,β-unsaturated/α-hetero) is 1. The molecule has 4 aliphatic carbocycles. The quantitative estimate of drug-likeness (QED) is 0.589. The van der Waals surface area contributed by atoms with Gasteiger partial charge in [-0.25, -0.2) is 13.2 Å². The smallest absolute Gasteiger partial charge is 0.306 e. The summed E-state index contributed by atoms with van der Waals surface area (Å²) in [6.45, 7) is 5.58. The summed E-state index contributed by atoms with van der Waals surface area (Å²) in [5.74, 6) is -5.42. The Hall–Kier alpha value is -1.96. The van der Waals surface area contributed by atoms with E-state index in [-0.39, 0.29) is 30.8 Å². The summed E-state index contributed by atoms with van der Waals surface area (Å²) in [5, 5.41) is 11.4. The number of alkyl halides is 2. The molecule has 0 amide bonds. The summed E-state index contributed by atoms with van der Waals surface area (Å²) in [7, 11) is 0. The van der Waals surface area contributed by atoms with Gasteiger partial charge in [0.25, 0.3) is 0 Å². The van der Waals surface area contributed by atoms with Crippen molar-refractivity contribution in [3.05, 3.63) is 23.6 Å². The lowest BCUT2D eigenvalue weighted by atomic mass is 9.45. The maximum atomic E-state index is 15.5. The molecule has 0 aromatic carbocycles. The van der Waals surface area contributed by atoms with Gasteiger partial charge in [0.15, 0.2) is 18.1 Å². The first kappa shape index (κ1) is 25.1. The first-order valence-corrected chi connectivity index (χ1v) is 12.2. The van der Waals surface area contributed by atoms with Gasteiger partial charge < -0.3 is 9.84 Å². The zero-order valence-corrected chi connectivity index (χ0v) is 20.1. The van der Waals surface area contributed by atoms with Crippen LogP contribution in [-0.2, 0) is 19.1 Å². The maximum Gasteiger partial charge on any atom is 0.306 e. The number of carbonyl (C=O) groups is 3. The molecule has 3 saturated carbocycles. The Morgan fingerprint density at radius 3 is 2.56 bits per heavy atom. The second-order valence-corrected chi connectivity index (χ2v) is 11.0. The normalized spacial score (nSPS) is 45.5. The molecule has 0 aromatic rings. The van der Waals surface area contributed by atoms with Gasteiger partial charge in [0.1, 0.15) is 6.17 Å². The molecule has 9 atom stereocenters. The minimum atomic E-state index is -1.77. The molecule has 0 spiro atoms. The number of halogens is 3. The van der Waals surface area contributed by atoms with E-state index >= 15 is 4.39 Å². The molecule has 0 unspecified atom stereocenters. The fraction of sp³-hybridized carbons (Fsp3) is 0.731. The number of rotatable bonds is 5. The van der Waals surface area contributed by atoms with Crippen LogP contribution >= 0.6 is 0 Å². The third-order valence-electron chi connectivity index (χ3n) is 9.36. The molecule has 1 N–H and O–H groups in total. The second kappa shape index (κ2) is 8.32. The van der Waals surface area contributed by atoms with Crippen LogP contribution in [0.3, 0.4) is 0 Å². The van der Waals surface area contributed by atoms with Crippen molar-refractivity contribution in [1.82, 2.24) is 0 Å². The lowest BCUT2D eigenvalue weighted by Crippen LogP contribution is -2.64. The van der Waals surface area contributed by atoms with Gasteiger partial charge in [0, 0.05) is 34.7 Å². The van der Waals surface area contributed by atoms with Crippen molar-refractivity contribution in [3.8, 4) is 0 Å². The Bertz CT molecular complexity index is 975. The van der Waals surface area contributed by atoms with Crippen molar-refractivity contribution in [3.63, 3.8) is 0 Å². The molecule has 8 heteroatoms. The van der Waals surface area contributed by atoms with Crippen LogP contribution in [0.15, 0.2) is 23.6 Å². The van der Waals surface area contributed by atoms with Crippen LogP contribution in [0.25, 0.3) is 0 Å². The summed E-state index contributed by atoms with van der Waals surface area (Å²) in [6, 6.07) is 0. The van der Waals surface area contributed by atoms with Crippen molar-refractivity contribution in [2.45, 2.75) is 77.7 Å². The van der Waals surface area contributed by atoms with Gasteiger partial charge in [-0.3, -0.25) is 14.4 Å². The second-order valence-electron chi connectivity index (χ2n) is 11.0. The number of ether oxygens (including phenoxy) is 1. The van der Waals surface area contributed by atoms with Crippen molar-refractivity contribution >= 4 is 17.5 Å². The van der Waals surface area contributed by atoms with Crippen LogP contribution in [-0.4, -0.2) is 47.2 Å². The minimum absolute atomic E-state index is 0.0115. The van der Waals surface area contributed by atoms with Gasteiger partial charge in [-0.2, -0.15) is 0 Å². The van der Waals surface area contributed by atoms with Crippen molar-refractivity contribution < 1.29 is 37.4 Å². The Morgan fingerprint density at radius 1 is 1.26 bits per heavy atom.